The second-order valence-electron chi connectivity index (χ2n) is 10.6. The first-order valence-electron chi connectivity index (χ1n) is 12.9. The van der Waals surface area contributed by atoms with E-state index in [0.717, 1.165) is 5.57 Å². The number of ketones is 1. The number of ether oxygens (including phenoxy) is 4. The maximum absolute atomic E-state index is 14.0. The number of methoxy groups -OCH3 is 1. The van der Waals surface area contributed by atoms with Gasteiger partial charge < -0.3 is 23.9 Å². The zero-order chi connectivity index (χ0) is 25.8. The third-order valence-corrected chi connectivity index (χ3v) is 8.71. The number of cyclic esters (lactones) is 1. The minimum atomic E-state index is -0.941. The predicted molar refractivity (Wildman–Crippen MR) is 130 cm³/mol. The molecule has 8 heteroatoms. The molecule has 0 aromatic carbocycles. The summed E-state index contributed by atoms with van der Waals surface area (Å²) in [5.41, 5.74) is 0.342. The Hall–Kier alpha value is -2.71. The van der Waals surface area contributed by atoms with E-state index in [0.29, 0.717) is 18.5 Å². The van der Waals surface area contributed by atoms with Crippen LogP contribution in [0.25, 0.3) is 0 Å². The Morgan fingerprint density at radius 1 is 1.25 bits per heavy atom. The van der Waals surface area contributed by atoms with Crippen molar-refractivity contribution < 1.29 is 33.3 Å². The first-order valence-corrected chi connectivity index (χ1v) is 12.9. The number of aromatic amines is 1. The van der Waals surface area contributed by atoms with Crippen LogP contribution in [0.1, 0.15) is 51.0 Å². The van der Waals surface area contributed by atoms with Crippen LogP contribution in [0.3, 0.4) is 0 Å². The summed E-state index contributed by atoms with van der Waals surface area (Å²) in [6.45, 7) is 7.83. The molecule has 4 bridgehead atoms. The first-order chi connectivity index (χ1) is 17.2. The number of Topliss-reactive ketones (excluding diaryl/α,β-unsaturated/α-hetero) is 1. The van der Waals surface area contributed by atoms with Gasteiger partial charge in [-0.15, -0.1) is 0 Å². The van der Waals surface area contributed by atoms with Crippen molar-refractivity contribution in [1.82, 2.24) is 4.98 Å². The van der Waals surface area contributed by atoms with Crippen LogP contribution in [0, 0.1) is 29.6 Å². The highest BCUT2D eigenvalue weighted by Crippen LogP contribution is 2.60. The Morgan fingerprint density at radius 2 is 2.03 bits per heavy atom. The Labute approximate surface area is 211 Å². The predicted octanol–water partition coefficient (Wildman–Crippen LogP) is 3.64. The van der Waals surface area contributed by atoms with Gasteiger partial charge in [-0.05, 0) is 37.5 Å². The summed E-state index contributed by atoms with van der Waals surface area (Å²) in [7, 11) is 1.50. The molecule has 2 fully saturated rings. The maximum atomic E-state index is 14.0. The molecule has 0 amide bonds. The maximum Gasteiger partial charge on any atom is 0.355 e. The van der Waals surface area contributed by atoms with Gasteiger partial charge in [0.25, 0.3) is 0 Å². The number of esters is 2. The molecule has 1 saturated carbocycles. The zero-order valence-corrected chi connectivity index (χ0v) is 21.4. The summed E-state index contributed by atoms with van der Waals surface area (Å²) >= 11 is 0. The second-order valence-corrected chi connectivity index (χ2v) is 10.6. The molecule has 0 radical (unpaired) electrons. The van der Waals surface area contributed by atoms with E-state index in [1.54, 1.807) is 18.3 Å². The molecule has 10 atom stereocenters. The highest BCUT2D eigenvalue weighted by molar-refractivity contribution is 5.91. The minimum absolute atomic E-state index is 0.0217. The molecule has 1 saturated heterocycles. The van der Waals surface area contributed by atoms with Gasteiger partial charge in [0.15, 0.2) is 6.10 Å². The molecule has 8 nitrogen and oxygen atoms in total. The fraction of sp³-hybridized carbons (Fsp3) is 0.607. The topological polar surface area (TPSA) is 104 Å². The van der Waals surface area contributed by atoms with Gasteiger partial charge in [-0.2, -0.15) is 0 Å². The van der Waals surface area contributed by atoms with Gasteiger partial charge in [-0.1, -0.05) is 39.0 Å². The smallest absolute Gasteiger partial charge is 0.355 e. The summed E-state index contributed by atoms with van der Waals surface area (Å²) in [5.74, 6) is -2.40. The van der Waals surface area contributed by atoms with E-state index in [-0.39, 0.29) is 29.6 Å². The third-order valence-electron chi connectivity index (χ3n) is 8.71. The largest absolute Gasteiger partial charge is 0.460 e. The third kappa shape index (κ3) is 3.68. The SMILES string of the molecule is CC[C@H]1OC(=O)[C@@H](OC)C[C@H]2C=C[C@H]3[C@H]4O[C@]2(/C(C)=C/[C@H]1C)[C@@H]3C(=O)[C@@H](C)[C@H]4OC(=O)c1ccc[nH]1. The fourth-order valence-electron chi connectivity index (χ4n) is 6.85. The molecule has 5 rings (SSSR count). The van der Waals surface area contributed by atoms with Gasteiger partial charge in [0.2, 0.25) is 0 Å². The summed E-state index contributed by atoms with van der Waals surface area (Å²) < 4.78 is 24.2. The number of hydrogen-bond acceptors (Lipinski definition) is 7. The number of carbonyl (C=O) groups is 3. The first kappa shape index (κ1) is 25.0. The van der Waals surface area contributed by atoms with Crippen LogP contribution in [0.5, 0.6) is 0 Å². The van der Waals surface area contributed by atoms with Crippen molar-refractivity contribution in [2.45, 2.75) is 70.6 Å². The number of hydrogen-bond donors (Lipinski definition) is 1. The van der Waals surface area contributed by atoms with Crippen molar-refractivity contribution in [2.24, 2.45) is 29.6 Å². The molecular formula is C28H35NO7. The molecule has 36 heavy (non-hydrogen) atoms. The van der Waals surface area contributed by atoms with Gasteiger partial charge in [0.05, 0.1) is 11.8 Å². The number of nitrogens with one attached hydrogen (secondary N) is 1. The van der Waals surface area contributed by atoms with E-state index in [1.807, 2.05) is 33.8 Å². The number of carbonyl (C=O) groups excluding carboxylic acids is 3. The highest BCUT2D eigenvalue weighted by Gasteiger charge is 2.69. The van der Waals surface area contributed by atoms with E-state index in [9.17, 15) is 14.4 Å². The number of aromatic nitrogens is 1. The monoisotopic (exact) mass is 497 g/mol. The van der Waals surface area contributed by atoms with Gasteiger partial charge in [-0.25, -0.2) is 9.59 Å². The normalized spacial score (nSPS) is 43.2. The Morgan fingerprint density at radius 3 is 2.69 bits per heavy atom. The van der Waals surface area contributed by atoms with Crippen molar-refractivity contribution in [3.63, 3.8) is 0 Å². The van der Waals surface area contributed by atoms with E-state index in [1.165, 1.54) is 7.11 Å². The van der Waals surface area contributed by atoms with Crippen LogP contribution < -0.4 is 0 Å². The van der Waals surface area contributed by atoms with Crippen LogP contribution in [0.2, 0.25) is 0 Å². The molecule has 1 spiro atoms. The molecule has 4 aliphatic rings. The molecule has 194 valence electrons. The standard InChI is InChI=1S/C28H35NO7/c1-6-20-14(2)12-15(3)28-17(13-21(33-5)27(32)34-20)9-10-18-22(28)23(30)16(4)24(25(18)36-28)35-26(31)19-8-7-11-29-19/h7-12,14,16-18,20-22,24-25,29H,6,13H2,1-5H3/b15-12+/t14-,16-,17-,18-,20-,21+,22+,24-,25-,28+/m1/s1. The summed E-state index contributed by atoms with van der Waals surface area (Å²) in [6.07, 6.45) is 6.52. The number of rotatable bonds is 4. The van der Waals surface area contributed by atoms with Crippen LogP contribution in [-0.4, -0.2) is 59.8 Å². The highest BCUT2D eigenvalue weighted by atomic mass is 16.6. The summed E-state index contributed by atoms with van der Waals surface area (Å²) in [4.78, 5) is 42.7. The lowest BCUT2D eigenvalue weighted by molar-refractivity contribution is -0.166. The van der Waals surface area contributed by atoms with Crippen LogP contribution >= 0.6 is 0 Å². The van der Waals surface area contributed by atoms with Crippen molar-refractivity contribution in [3.05, 3.63) is 47.8 Å². The summed E-state index contributed by atoms with van der Waals surface area (Å²) in [5, 5.41) is 0. The van der Waals surface area contributed by atoms with Gasteiger partial charge in [-0.3, -0.25) is 4.79 Å². The molecule has 0 unspecified atom stereocenters. The minimum Gasteiger partial charge on any atom is -0.460 e. The molecule has 1 N–H and O–H groups in total. The van der Waals surface area contributed by atoms with Gasteiger partial charge in [0.1, 0.15) is 35.4 Å². The quantitative estimate of drug-likeness (QED) is 0.500. The van der Waals surface area contributed by atoms with Gasteiger partial charge in [0, 0.05) is 31.1 Å². The Bertz CT molecular complexity index is 1090. The second kappa shape index (κ2) is 9.30. The Kier molecular flexibility index (Phi) is 6.45. The average Bonchev–Trinajstić information content (AvgIpc) is 3.46. The van der Waals surface area contributed by atoms with E-state index >= 15 is 0 Å². The van der Waals surface area contributed by atoms with Crippen molar-refractivity contribution in [3.8, 4) is 0 Å². The number of H-pyrrole nitrogens is 1. The van der Waals surface area contributed by atoms with Crippen molar-refractivity contribution in [2.75, 3.05) is 7.11 Å². The van der Waals surface area contributed by atoms with Crippen LogP contribution in [-0.2, 0) is 28.5 Å². The lowest BCUT2D eigenvalue weighted by atomic mass is 9.58. The van der Waals surface area contributed by atoms with E-state index in [4.69, 9.17) is 18.9 Å². The van der Waals surface area contributed by atoms with Crippen LogP contribution in [0.4, 0.5) is 0 Å². The summed E-state index contributed by atoms with van der Waals surface area (Å²) in [6, 6.07) is 3.37. The van der Waals surface area contributed by atoms with E-state index in [2.05, 4.69) is 17.1 Å². The van der Waals surface area contributed by atoms with E-state index < -0.39 is 47.7 Å². The molecule has 2 aliphatic heterocycles. The van der Waals surface area contributed by atoms with Crippen molar-refractivity contribution in [1.29, 1.82) is 0 Å². The Balaban J connectivity index is 1.58. The molecule has 3 heterocycles. The molecule has 1 aromatic heterocycles. The zero-order valence-electron chi connectivity index (χ0n) is 21.4. The average molecular weight is 498 g/mol. The van der Waals surface area contributed by atoms with Crippen molar-refractivity contribution >= 4 is 17.7 Å². The fourth-order valence-corrected chi connectivity index (χ4v) is 6.85. The molecular weight excluding hydrogens is 462 g/mol. The van der Waals surface area contributed by atoms with Gasteiger partial charge >= 0.3 is 11.9 Å². The molecule has 2 aliphatic carbocycles. The van der Waals surface area contributed by atoms with Crippen LogP contribution in [0.15, 0.2) is 42.1 Å². The molecule has 1 aromatic rings. The lowest BCUT2D eigenvalue weighted by Gasteiger charge is -2.45. The lowest BCUT2D eigenvalue weighted by Crippen LogP contribution is -2.55.